The van der Waals surface area contributed by atoms with Gasteiger partial charge in [-0.05, 0) is 31.4 Å². The summed E-state index contributed by atoms with van der Waals surface area (Å²) in [6.07, 6.45) is -2.99. The van der Waals surface area contributed by atoms with E-state index in [1.54, 1.807) is 0 Å². The van der Waals surface area contributed by atoms with Crippen molar-refractivity contribution in [2.75, 3.05) is 0 Å². The van der Waals surface area contributed by atoms with Gasteiger partial charge in [-0.25, -0.2) is 4.79 Å². The highest BCUT2D eigenvalue weighted by Crippen LogP contribution is 2.36. The molecule has 1 aliphatic carbocycles. The van der Waals surface area contributed by atoms with E-state index < -0.39 is 35.0 Å². The molecule has 0 aromatic carbocycles. The number of nitrogens with zero attached hydrogens (tertiary/aromatic N) is 1. The summed E-state index contributed by atoms with van der Waals surface area (Å²) >= 11 is 0. The largest absolute Gasteiger partial charge is 0.477 e. The Bertz CT molecular complexity index is 543. The van der Waals surface area contributed by atoms with Crippen LogP contribution in [-0.4, -0.2) is 15.6 Å². The van der Waals surface area contributed by atoms with Gasteiger partial charge >= 0.3 is 12.1 Å². The first-order valence-corrected chi connectivity index (χ1v) is 5.38. The van der Waals surface area contributed by atoms with Crippen LogP contribution in [0.4, 0.5) is 13.2 Å². The molecule has 0 radical (unpaired) electrons. The van der Waals surface area contributed by atoms with Gasteiger partial charge in [0.15, 0.2) is 0 Å². The fourth-order valence-electron chi connectivity index (χ4n) is 1.95. The van der Waals surface area contributed by atoms with Crippen molar-refractivity contribution < 1.29 is 23.1 Å². The third-order valence-electron chi connectivity index (χ3n) is 3.08. The van der Waals surface area contributed by atoms with Crippen LogP contribution in [0.25, 0.3) is 0 Å². The third kappa shape index (κ3) is 2.00. The Balaban J connectivity index is 2.65. The van der Waals surface area contributed by atoms with Gasteiger partial charge in [0, 0.05) is 6.04 Å². The second kappa shape index (κ2) is 4.15. The Morgan fingerprint density at radius 1 is 1.33 bits per heavy atom. The summed E-state index contributed by atoms with van der Waals surface area (Å²) in [5.41, 5.74) is -2.79. The number of carboxylic acid groups (broad SMARTS) is 1. The lowest BCUT2D eigenvalue weighted by Gasteiger charge is -2.30. The van der Waals surface area contributed by atoms with E-state index in [9.17, 15) is 22.8 Å². The minimum atomic E-state index is -4.66. The van der Waals surface area contributed by atoms with E-state index in [1.165, 1.54) is 0 Å². The molecule has 0 unspecified atom stereocenters. The molecule has 0 atom stereocenters. The monoisotopic (exact) mass is 261 g/mol. The molecule has 1 saturated carbocycles. The van der Waals surface area contributed by atoms with Crippen LogP contribution in [0.15, 0.2) is 16.9 Å². The molecule has 7 heteroatoms. The molecule has 0 aliphatic heterocycles. The van der Waals surface area contributed by atoms with Crippen molar-refractivity contribution in [3.63, 3.8) is 0 Å². The highest BCUT2D eigenvalue weighted by molar-refractivity contribution is 5.87. The molecule has 18 heavy (non-hydrogen) atoms. The molecule has 1 aliphatic rings. The number of hydrogen-bond donors (Lipinski definition) is 1. The maximum absolute atomic E-state index is 12.8. The van der Waals surface area contributed by atoms with Gasteiger partial charge in [0.25, 0.3) is 5.56 Å². The van der Waals surface area contributed by atoms with Crippen molar-refractivity contribution in [1.82, 2.24) is 4.57 Å². The number of rotatable bonds is 2. The number of pyridine rings is 1. The van der Waals surface area contributed by atoms with Gasteiger partial charge in [-0.15, -0.1) is 0 Å². The van der Waals surface area contributed by atoms with Crippen LogP contribution in [0.2, 0.25) is 0 Å². The lowest BCUT2D eigenvalue weighted by molar-refractivity contribution is -0.145. The number of aromatic carboxylic acids is 1. The summed E-state index contributed by atoms with van der Waals surface area (Å²) in [6, 6.07) is 0.819. The summed E-state index contributed by atoms with van der Waals surface area (Å²) < 4.78 is 38.9. The predicted octanol–water partition coefficient (Wildman–Crippen LogP) is 2.29. The lowest BCUT2D eigenvalue weighted by atomic mass is 9.92. The SMILES string of the molecule is O=C(O)c1ccc(C(F)(F)F)n(C2CCC2)c1=O. The van der Waals surface area contributed by atoms with Crippen molar-refractivity contribution in [2.24, 2.45) is 0 Å². The molecular formula is C11H10F3NO3. The van der Waals surface area contributed by atoms with Crippen molar-refractivity contribution in [3.05, 3.63) is 33.7 Å². The average Bonchev–Trinajstić information content (AvgIpc) is 2.15. The minimum Gasteiger partial charge on any atom is -0.477 e. The van der Waals surface area contributed by atoms with Crippen LogP contribution in [0, 0.1) is 0 Å². The zero-order valence-electron chi connectivity index (χ0n) is 9.20. The van der Waals surface area contributed by atoms with Crippen LogP contribution in [0.3, 0.4) is 0 Å². The molecule has 4 nitrogen and oxygen atoms in total. The average molecular weight is 261 g/mol. The summed E-state index contributed by atoms with van der Waals surface area (Å²) in [5, 5.41) is 8.76. The van der Waals surface area contributed by atoms with Crippen LogP contribution >= 0.6 is 0 Å². The zero-order valence-corrected chi connectivity index (χ0v) is 9.20. The van der Waals surface area contributed by atoms with Crippen molar-refractivity contribution in [3.8, 4) is 0 Å². The second-order valence-electron chi connectivity index (χ2n) is 4.20. The van der Waals surface area contributed by atoms with Gasteiger partial charge in [0.1, 0.15) is 11.3 Å². The maximum Gasteiger partial charge on any atom is 0.431 e. The van der Waals surface area contributed by atoms with Gasteiger partial charge in [0.05, 0.1) is 0 Å². The number of hydrogen-bond acceptors (Lipinski definition) is 2. The van der Waals surface area contributed by atoms with Gasteiger partial charge < -0.3 is 9.67 Å². The molecule has 0 amide bonds. The van der Waals surface area contributed by atoms with Crippen LogP contribution in [-0.2, 0) is 6.18 Å². The summed E-state index contributed by atoms with van der Waals surface area (Å²) in [4.78, 5) is 22.6. The second-order valence-corrected chi connectivity index (χ2v) is 4.20. The lowest BCUT2D eigenvalue weighted by Crippen LogP contribution is -2.36. The van der Waals surface area contributed by atoms with Gasteiger partial charge in [0.2, 0.25) is 0 Å². The molecule has 0 bridgehead atoms. The molecule has 1 aromatic rings. The Hall–Kier alpha value is -1.79. The van der Waals surface area contributed by atoms with E-state index in [1.807, 2.05) is 0 Å². The number of alkyl halides is 3. The van der Waals surface area contributed by atoms with Crippen LogP contribution < -0.4 is 5.56 Å². The molecule has 1 fully saturated rings. The first kappa shape index (κ1) is 12.7. The summed E-state index contributed by atoms with van der Waals surface area (Å²) in [7, 11) is 0. The van der Waals surface area contributed by atoms with E-state index in [2.05, 4.69) is 0 Å². The number of halogens is 3. The molecule has 1 aromatic heterocycles. The third-order valence-corrected chi connectivity index (χ3v) is 3.08. The Labute approximate surface area is 99.7 Å². The molecule has 0 spiro atoms. The minimum absolute atomic E-state index is 0.464. The smallest absolute Gasteiger partial charge is 0.431 e. The van der Waals surface area contributed by atoms with E-state index in [0.29, 0.717) is 29.5 Å². The van der Waals surface area contributed by atoms with E-state index in [4.69, 9.17) is 5.11 Å². The fraction of sp³-hybridized carbons (Fsp3) is 0.455. The molecule has 1 heterocycles. The molecular weight excluding hydrogens is 251 g/mol. The van der Waals surface area contributed by atoms with Crippen molar-refractivity contribution >= 4 is 5.97 Å². The molecule has 2 rings (SSSR count). The zero-order chi connectivity index (χ0) is 13.5. The first-order chi connectivity index (χ1) is 8.32. The van der Waals surface area contributed by atoms with E-state index in [-0.39, 0.29) is 0 Å². The summed E-state index contributed by atoms with van der Waals surface area (Å²) in [6.45, 7) is 0. The highest BCUT2D eigenvalue weighted by atomic mass is 19.4. The van der Waals surface area contributed by atoms with Crippen molar-refractivity contribution in [2.45, 2.75) is 31.5 Å². The number of aromatic nitrogens is 1. The summed E-state index contributed by atoms with van der Waals surface area (Å²) in [5.74, 6) is -1.51. The molecule has 0 saturated heterocycles. The normalized spacial score (nSPS) is 16.4. The maximum atomic E-state index is 12.8. The first-order valence-electron chi connectivity index (χ1n) is 5.38. The molecule has 98 valence electrons. The highest BCUT2D eigenvalue weighted by Gasteiger charge is 2.38. The van der Waals surface area contributed by atoms with Crippen LogP contribution in [0.1, 0.15) is 41.4 Å². The van der Waals surface area contributed by atoms with Gasteiger partial charge in [-0.1, -0.05) is 0 Å². The molecule has 1 N–H and O–H groups in total. The topological polar surface area (TPSA) is 59.3 Å². The number of carboxylic acids is 1. The van der Waals surface area contributed by atoms with Gasteiger partial charge in [-0.2, -0.15) is 13.2 Å². The van der Waals surface area contributed by atoms with Crippen LogP contribution in [0.5, 0.6) is 0 Å². The fourth-order valence-corrected chi connectivity index (χ4v) is 1.95. The Kier molecular flexibility index (Phi) is 2.92. The van der Waals surface area contributed by atoms with Gasteiger partial charge in [-0.3, -0.25) is 4.79 Å². The quantitative estimate of drug-likeness (QED) is 0.888. The van der Waals surface area contributed by atoms with E-state index in [0.717, 1.165) is 6.42 Å². The Morgan fingerprint density at radius 2 is 1.94 bits per heavy atom. The standard InChI is InChI=1S/C11H10F3NO3/c12-11(13,14)8-5-4-7(10(17)18)9(16)15(8)6-2-1-3-6/h4-6H,1-3H2,(H,17,18). The number of carbonyl (C=O) groups is 1. The Morgan fingerprint density at radius 3 is 2.33 bits per heavy atom. The predicted molar refractivity (Wildman–Crippen MR) is 55.6 cm³/mol. The van der Waals surface area contributed by atoms with Crippen molar-refractivity contribution in [1.29, 1.82) is 0 Å². The van der Waals surface area contributed by atoms with E-state index >= 15 is 0 Å².